The highest BCUT2D eigenvalue weighted by atomic mass is 27.0. The maximum Gasteiger partial charge on any atom is 0.409 e. The van der Waals surface area contributed by atoms with Crippen LogP contribution in [0.5, 0.6) is 0 Å². The van der Waals surface area contributed by atoms with Crippen molar-refractivity contribution in [3.63, 3.8) is 0 Å². The molecule has 198 valence electrons. The lowest BCUT2D eigenvalue weighted by Crippen LogP contribution is -2.42. The van der Waals surface area contributed by atoms with Crippen LogP contribution in [0.25, 0.3) is 11.0 Å². The Hall–Kier alpha value is -3.64. The van der Waals surface area contributed by atoms with Gasteiger partial charge in [-0.15, -0.1) is 0 Å². The SMILES string of the molecule is O=C(OCCN(Cc1ccccc1)Cc1ccccc1)N1CCC(n2c(=O)n([C](=O)[Al])c3ccccc32)CC1. The summed E-state index contributed by atoms with van der Waals surface area (Å²) in [5, 5.41) is 0. The zero-order chi connectivity index (χ0) is 27.2. The number of benzene rings is 3. The summed E-state index contributed by atoms with van der Waals surface area (Å²) in [5.41, 5.74) is 3.41. The van der Waals surface area contributed by atoms with Gasteiger partial charge in [0.25, 0.3) is 16.3 Å². The van der Waals surface area contributed by atoms with E-state index in [-0.39, 0.29) is 22.6 Å². The first-order chi connectivity index (χ1) is 19.0. The second kappa shape index (κ2) is 12.5. The zero-order valence-electron chi connectivity index (χ0n) is 21.8. The molecule has 0 atom stereocenters. The van der Waals surface area contributed by atoms with E-state index < -0.39 is 0 Å². The lowest BCUT2D eigenvalue weighted by Gasteiger charge is -2.32. The number of amides is 1. The van der Waals surface area contributed by atoms with Crippen molar-refractivity contribution in [1.29, 1.82) is 0 Å². The van der Waals surface area contributed by atoms with Crippen LogP contribution < -0.4 is 5.69 Å². The molecule has 39 heavy (non-hydrogen) atoms. The fourth-order valence-electron chi connectivity index (χ4n) is 5.29. The van der Waals surface area contributed by atoms with Gasteiger partial charge in [0.1, 0.15) is 11.4 Å². The van der Waals surface area contributed by atoms with Crippen molar-refractivity contribution < 1.29 is 14.3 Å². The Morgan fingerprint density at radius 3 is 1.92 bits per heavy atom. The van der Waals surface area contributed by atoms with E-state index in [4.69, 9.17) is 4.74 Å². The minimum Gasteiger partial charge on any atom is -0.448 e. The summed E-state index contributed by atoms with van der Waals surface area (Å²) in [7, 11) is 0. The van der Waals surface area contributed by atoms with Crippen LogP contribution in [0.15, 0.2) is 89.7 Å². The zero-order valence-corrected chi connectivity index (χ0v) is 23.0. The van der Waals surface area contributed by atoms with Gasteiger partial charge in [0, 0.05) is 38.8 Å². The van der Waals surface area contributed by atoms with Gasteiger partial charge in [-0.3, -0.25) is 9.47 Å². The Labute approximate surface area is 235 Å². The van der Waals surface area contributed by atoms with Gasteiger partial charge >= 0.3 is 11.8 Å². The predicted octanol–water partition coefficient (Wildman–Crippen LogP) is 4.42. The Morgan fingerprint density at radius 2 is 1.36 bits per heavy atom. The molecule has 1 aliphatic heterocycles. The number of carbonyl (C=O) groups excluding carboxylic acids is 2. The molecular weight excluding hydrogens is 507 g/mol. The third kappa shape index (κ3) is 6.34. The molecular formula is C30H31AlN4O4. The molecule has 0 spiro atoms. The Morgan fingerprint density at radius 1 is 0.821 bits per heavy atom. The molecule has 0 saturated carbocycles. The van der Waals surface area contributed by atoms with Gasteiger partial charge in [0.05, 0.1) is 11.0 Å². The smallest absolute Gasteiger partial charge is 0.409 e. The molecule has 1 aliphatic rings. The summed E-state index contributed by atoms with van der Waals surface area (Å²) in [6.07, 6.45) is 0.896. The molecule has 2 heterocycles. The highest BCUT2D eigenvalue weighted by Gasteiger charge is 2.28. The first-order valence-corrected chi connectivity index (χ1v) is 13.8. The third-order valence-electron chi connectivity index (χ3n) is 7.22. The summed E-state index contributed by atoms with van der Waals surface area (Å²) in [4.78, 5) is 42.1. The number of fused-ring (bicyclic) bond motifs is 1. The monoisotopic (exact) mass is 538 g/mol. The van der Waals surface area contributed by atoms with Gasteiger partial charge < -0.3 is 14.4 Å². The van der Waals surface area contributed by atoms with Crippen molar-refractivity contribution in [2.24, 2.45) is 0 Å². The second-order valence-corrected chi connectivity index (χ2v) is 10.3. The normalized spacial score (nSPS) is 14.1. The quantitative estimate of drug-likeness (QED) is 0.311. The van der Waals surface area contributed by atoms with Crippen molar-refractivity contribution in [2.75, 3.05) is 26.2 Å². The lowest BCUT2D eigenvalue weighted by molar-refractivity contribution is 0.0769. The maximum atomic E-state index is 13.1. The lowest BCUT2D eigenvalue weighted by atomic mass is 10.0. The molecule has 5 rings (SSSR count). The van der Waals surface area contributed by atoms with Crippen LogP contribution in [-0.2, 0) is 17.8 Å². The van der Waals surface area contributed by atoms with E-state index >= 15 is 0 Å². The number of ether oxygens (including phenoxy) is 1. The van der Waals surface area contributed by atoms with E-state index in [0.29, 0.717) is 44.6 Å². The summed E-state index contributed by atoms with van der Waals surface area (Å²) in [5.74, 6) is 0. The number of hydrogen-bond acceptors (Lipinski definition) is 5. The van der Waals surface area contributed by atoms with Crippen LogP contribution in [0, 0.1) is 0 Å². The summed E-state index contributed by atoms with van der Waals surface area (Å²) in [6.45, 7) is 3.41. The number of nitrogens with zero attached hydrogens (tertiary/aromatic N) is 4. The third-order valence-corrected chi connectivity index (χ3v) is 7.48. The van der Waals surface area contributed by atoms with E-state index in [2.05, 4.69) is 45.5 Å². The highest BCUT2D eigenvalue weighted by molar-refractivity contribution is 6.58. The molecule has 4 aromatic rings. The van der Waals surface area contributed by atoms with E-state index in [1.807, 2.05) is 54.6 Å². The van der Waals surface area contributed by atoms with Crippen molar-refractivity contribution >= 4 is 38.2 Å². The topological polar surface area (TPSA) is 76.8 Å². The molecule has 0 bridgehead atoms. The van der Waals surface area contributed by atoms with Crippen LogP contribution in [0.4, 0.5) is 9.59 Å². The molecule has 3 aromatic carbocycles. The van der Waals surface area contributed by atoms with Gasteiger partial charge in [0.15, 0.2) is 0 Å². The largest absolute Gasteiger partial charge is 0.448 e. The minimum absolute atomic E-state index is 0.0933. The van der Waals surface area contributed by atoms with Crippen molar-refractivity contribution in [2.45, 2.75) is 32.0 Å². The molecule has 0 aliphatic carbocycles. The van der Waals surface area contributed by atoms with Crippen LogP contribution in [0.3, 0.4) is 0 Å². The number of para-hydroxylation sites is 2. The predicted molar refractivity (Wildman–Crippen MR) is 151 cm³/mol. The number of rotatable bonds is 8. The van der Waals surface area contributed by atoms with E-state index in [9.17, 15) is 14.4 Å². The second-order valence-electron chi connectivity index (χ2n) is 9.83. The maximum absolute atomic E-state index is 13.1. The van der Waals surface area contributed by atoms with Gasteiger partial charge in [-0.2, -0.15) is 0 Å². The Kier molecular flexibility index (Phi) is 8.62. The number of piperidine rings is 1. The Balaban J connectivity index is 1.17. The first-order valence-electron chi connectivity index (χ1n) is 13.2. The van der Waals surface area contributed by atoms with Crippen LogP contribution in [-0.4, -0.2) is 72.3 Å². The van der Waals surface area contributed by atoms with Gasteiger partial charge in [-0.05, 0) is 36.1 Å². The molecule has 2 radical (unpaired) electrons. The fourth-order valence-corrected chi connectivity index (χ4v) is 5.54. The van der Waals surface area contributed by atoms with Gasteiger partial charge in [0.2, 0.25) is 0 Å². The van der Waals surface area contributed by atoms with Gasteiger partial charge in [-0.25, -0.2) is 14.2 Å². The van der Waals surface area contributed by atoms with Crippen LogP contribution >= 0.6 is 0 Å². The van der Waals surface area contributed by atoms with Crippen LogP contribution in [0.1, 0.15) is 30.0 Å². The molecule has 1 fully saturated rings. The molecule has 9 heteroatoms. The molecule has 1 aromatic heterocycles. The van der Waals surface area contributed by atoms with E-state index in [1.54, 1.807) is 15.5 Å². The number of imidazole rings is 1. The number of likely N-dealkylation sites (tertiary alicyclic amines) is 1. The average molecular weight is 539 g/mol. The molecule has 8 nitrogen and oxygen atoms in total. The van der Waals surface area contributed by atoms with E-state index in [0.717, 1.165) is 18.6 Å². The summed E-state index contributed by atoms with van der Waals surface area (Å²) in [6, 6.07) is 27.8. The van der Waals surface area contributed by atoms with Crippen molar-refractivity contribution in [3.05, 3.63) is 107 Å². The molecule has 1 saturated heterocycles. The van der Waals surface area contributed by atoms with Crippen LogP contribution in [0.2, 0.25) is 0 Å². The number of carbonyl (C=O) groups is 2. The van der Waals surface area contributed by atoms with Crippen molar-refractivity contribution in [1.82, 2.24) is 18.9 Å². The number of hydrogen-bond donors (Lipinski definition) is 0. The standard InChI is InChI=1S/C30H31N4O4.Al/c35-23-33-27-13-7-8-14-28(27)34(29(33)36)26-15-17-32(18-16-26)30(37)38-20-19-31(21-24-9-3-1-4-10-24)22-25-11-5-2-6-12-25;/h1-14,26H,15-22H2;. The van der Waals surface area contributed by atoms with Crippen molar-refractivity contribution in [3.8, 4) is 0 Å². The molecule has 1 amide bonds. The Bertz CT molecular complexity index is 1440. The molecule has 0 N–H and O–H groups in total. The fraction of sp³-hybridized carbons (Fsp3) is 0.300. The van der Waals surface area contributed by atoms with E-state index in [1.165, 1.54) is 15.7 Å². The minimum atomic E-state index is -0.385. The van der Waals surface area contributed by atoms with Gasteiger partial charge in [-0.1, -0.05) is 72.8 Å². The summed E-state index contributed by atoms with van der Waals surface area (Å²) < 4.78 is 8.19. The summed E-state index contributed by atoms with van der Waals surface area (Å²) >= 11 is 2.08. The average Bonchev–Trinajstić information content (AvgIpc) is 3.26. The highest BCUT2D eigenvalue weighted by Crippen LogP contribution is 2.26. The first kappa shape index (κ1) is 26.9. The number of aromatic nitrogens is 2. The molecule has 0 unspecified atom stereocenters.